The number of ether oxygens (including phenoxy) is 2. The van der Waals surface area contributed by atoms with Crippen molar-refractivity contribution in [2.75, 3.05) is 24.4 Å². The van der Waals surface area contributed by atoms with E-state index in [1.807, 2.05) is 0 Å². The second-order valence-corrected chi connectivity index (χ2v) is 6.35. The van der Waals surface area contributed by atoms with E-state index in [1.165, 1.54) is 30.7 Å². The van der Waals surface area contributed by atoms with Gasteiger partial charge < -0.3 is 19.7 Å². The van der Waals surface area contributed by atoms with Gasteiger partial charge in [-0.25, -0.2) is 4.79 Å². The maximum absolute atomic E-state index is 13.2. The van der Waals surface area contributed by atoms with Gasteiger partial charge in [0.1, 0.15) is 5.75 Å². The lowest BCUT2D eigenvalue weighted by molar-refractivity contribution is -0.144. The van der Waals surface area contributed by atoms with Gasteiger partial charge in [0.2, 0.25) is 0 Å². The van der Waals surface area contributed by atoms with Crippen LogP contribution in [0.4, 0.5) is 11.4 Å². The van der Waals surface area contributed by atoms with Gasteiger partial charge in [-0.3, -0.25) is 14.3 Å². The first kappa shape index (κ1) is 18.4. The van der Waals surface area contributed by atoms with Crippen LogP contribution >= 0.6 is 0 Å². The number of esters is 1. The molecule has 2 heterocycles. The normalized spacial score (nSPS) is 18.2. The number of nitrogens with zero attached hydrogens (tertiary/aromatic N) is 3. The van der Waals surface area contributed by atoms with Gasteiger partial charge >= 0.3 is 5.97 Å². The molecule has 1 atom stereocenters. The van der Waals surface area contributed by atoms with Crippen molar-refractivity contribution in [3.63, 3.8) is 0 Å². The third kappa shape index (κ3) is 2.80. The Bertz CT molecular complexity index is 951. The number of aryl methyl sites for hydroxylation is 2. The van der Waals surface area contributed by atoms with E-state index in [0.717, 1.165) is 0 Å². The number of likely N-dealkylation sites (N-methyl/N-ethyl adjacent to an activating group) is 1. The highest BCUT2D eigenvalue weighted by atomic mass is 16.5. The van der Waals surface area contributed by atoms with E-state index in [0.29, 0.717) is 17.1 Å². The van der Waals surface area contributed by atoms with Gasteiger partial charge in [-0.05, 0) is 26.0 Å². The molecule has 0 spiro atoms. The van der Waals surface area contributed by atoms with Crippen molar-refractivity contribution in [2.24, 2.45) is 7.05 Å². The molecule has 27 heavy (non-hydrogen) atoms. The lowest BCUT2D eigenvalue weighted by atomic mass is 10.0. The zero-order valence-electron chi connectivity index (χ0n) is 15.7. The Hall–Kier alpha value is -3.36. The topological polar surface area (TPSA) is 103 Å². The van der Waals surface area contributed by atoms with E-state index in [1.54, 1.807) is 38.2 Å². The lowest BCUT2D eigenvalue weighted by Gasteiger charge is -2.35. The molecular formula is C18H20N4O5. The van der Waals surface area contributed by atoms with Gasteiger partial charge in [0.05, 0.1) is 24.2 Å². The minimum Gasteiger partial charge on any atom is -0.465 e. The Labute approximate surface area is 155 Å². The maximum atomic E-state index is 13.2. The van der Waals surface area contributed by atoms with Gasteiger partial charge in [-0.15, -0.1) is 0 Å². The van der Waals surface area contributed by atoms with E-state index in [9.17, 15) is 14.4 Å². The fourth-order valence-corrected chi connectivity index (χ4v) is 3.10. The Morgan fingerprint density at radius 2 is 2.00 bits per heavy atom. The monoisotopic (exact) mass is 372 g/mol. The number of benzene rings is 1. The van der Waals surface area contributed by atoms with Gasteiger partial charge in [0, 0.05) is 14.1 Å². The molecule has 2 amide bonds. The fourth-order valence-electron chi connectivity index (χ4n) is 3.10. The molecule has 0 fully saturated rings. The SMILES string of the molecule is COC(=O)c1c(N(C)C(=O)[C@]2(C)Oc3ccccc3NC2=O)c(C)nn1C. The third-order valence-electron chi connectivity index (χ3n) is 4.50. The Morgan fingerprint density at radius 3 is 2.67 bits per heavy atom. The third-order valence-corrected chi connectivity index (χ3v) is 4.50. The number of fused-ring (bicyclic) bond motifs is 1. The highest BCUT2D eigenvalue weighted by Crippen LogP contribution is 2.35. The molecule has 0 aliphatic carbocycles. The fraction of sp³-hybridized carbons (Fsp3) is 0.333. The summed E-state index contributed by atoms with van der Waals surface area (Å²) in [5.41, 5.74) is -0.521. The van der Waals surface area contributed by atoms with Crippen molar-refractivity contribution in [3.8, 4) is 5.75 Å². The summed E-state index contributed by atoms with van der Waals surface area (Å²) in [7, 11) is 4.27. The highest BCUT2D eigenvalue weighted by Gasteiger charge is 2.49. The molecule has 9 heteroatoms. The summed E-state index contributed by atoms with van der Waals surface area (Å²) in [6, 6.07) is 6.84. The summed E-state index contributed by atoms with van der Waals surface area (Å²) in [5.74, 6) is -1.50. The number of anilines is 2. The molecule has 1 aliphatic heterocycles. The summed E-state index contributed by atoms with van der Waals surface area (Å²) < 4.78 is 11.9. The Morgan fingerprint density at radius 1 is 1.33 bits per heavy atom. The van der Waals surface area contributed by atoms with Crippen molar-refractivity contribution in [1.82, 2.24) is 9.78 Å². The van der Waals surface area contributed by atoms with Crippen LogP contribution in [0.2, 0.25) is 0 Å². The van der Waals surface area contributed by atoms with Crippen LogP contribution < -0.4 is 15.0 Å². The second-order valence-electron chi connectivity index (χ2n) is 6.35. The number of nitrogens with one attached hydrogen (secondary N) is 1. The van der Waals surface area contributed by atoms with Crippen LogP contribution in [0.25, 0.3) is 0 Å². The minimum absolute atomic E-state index is 0.103. The predicted molar refractivity (Wildman–Crippen MR) is 96.8 cm³/mol. The van der Waals surface area contributed by atoms with Crippen molar-refractivity contribution < 1.29 is 23.9 Å². The van der Waals surface area contributed by atoms with Crippen molar-refractivity contribution in [1.29, 1.82) is 0 Å². The lowest BCUT2D eigenvalue weighted by Crippen LogP contribution is -2.59. The summed E-state index contributed by atoms with van der Waals surface area (Å²) in [6.07, 6.45) is 0. The van der Waals surface area contributed by atoms with Crippen LogP contribution in [0.15, 0.2) is 24.3 Å². The molecule has 0 unspecified atom stereocenters. The number of methoxy groups -OCH3 is 1. The molecule has 1 aromatic carbocycles. The first-order valence-electron chi connectivity index (χ1n) is 8.20. The van der Waals surface area contributed by atoms with Crippen molar-refractivity contribution >= 4 is 29.2 Å². The molecule has 0 saturated carbocycles. The minimum atomic E-state index is -1.81. The number of hydrogen-bond donors (Lipinski definition) is 1. The van der Waals surface area contributed by atoms with E-state index >= 15 is 0 Å². The quantitative estimate of drug-likeness (QED) is 0.643. The van der Waals surface area contributed by atoms with Gasteiger partial charge in [-0.1, -0.05) is 12.1 Å². The number of rotatable bonds is 3. The van der Waals surface area contributed by atoms with Crippen LogP contribution in [0.1, 0.15) is 23.1 Å². The van der Waals surface area contributed by atoms with Gasteiger partial charge in [0.15, 0.2) is 5.69 Å². The first-order chi connectivity index (χ1) is 12.7. The molecule has 2 aromatic rings. The molecule has 3 rings (SSSR count). The number of amides is 2. The average molecular weight is 372 g/mol. The number of carbonyl (C=O) groups excluding carboxylic acids is 3. The highest BCUT2D eigenvalue weighted by molar-refractivity contribution is 6.20. The van der Waals surface area contributed by atoms with Crippen molar-refractivity contribution in [3.05, 3.63) is 35.7 Å². The van der Waals surface area contributed by atoms with Crippen LogP contribution in [0.5, 0.6) is 5.75 Å². The molecule has 1 N–H and O–H groups in total. The summed E-state index contributed by atoms with van der Waals surface area (Å²) in [5, 5.41) is 6.87. The number of aromatic nitrogens is 2. The maximum Gasteiger partial charge on any atom is 0.358 e. The standard InChI is InChI=1S/C18H20N4O5/c1-10-13(14(15(23)26-5)22(4)20-10)21(3)17(25)18(2)16(24)19-11-8-6-7-9-12(11)27-18/h6-9H,1-5H3,(H,19,24)/t18-/m1/s1. The molecule has 1 aromatic heterocycles. The van der Waals surface area contributed by atoms with E-state index in [2.05, 4.69) is 10.4 Å². The summed E-state index contributed by atoms with van der Waals surface area (Å²) >= 11 is 0. The zero-order valence-corrected chi connectivity index (χ0v) is 15.7. The largest absolute Gasteiger partial charge is 0.465 e. The zero-order chi connectivity index (χ0) is 19.9. The van der Waals surface area contributed by atoms with Gasteiger partial charge in [0.25, 0.3) is 17.4 Å². The van der Waals surface area contributed by atoms with Gasteiger partial charge in [-0.2, -0.15) is 5.10 Å². The molecular weight excluding hydrogens is 352 g/mol. The number of para-hydroxylation sites is 2. The Balaban J connectivity index is 2.02. The van der Waals surface area contributed by atoms with Crippen LogP contribution in [-0.4, -0.2) is 47.3 Å². The second kappa shape index (κ2) is 6.42. The molecule has 9 nitrogen and oxygen atoms in total. The van der Waals surface area contributed by atoms with Crippen LogP contribution in [0.3, 0.4) is 0 Å². The summed E-state index contributed by atoms with van der Waals surface area (Å²) in [4.78, 5) is 39.2. The Kier molecular flexibility index (Phi) is 4.38. The predicted octanol–water partition coefficient (Wildman–Crippen LogP) is 1.27. The average Bonchev–Trinajstić information content (AvgIpc) is 2.94. The van der Waals surface area contributed by atoms with E-state index in [4.69, 9.17) is 9.47 Å². The number of carbonyl (C=O) groups is 3. The molecule has 1 aliphatic rings. The summed E-state index contributed by atoms with van der Waals surface area (Å²) in [6.45, 7) is 3.05. The smallest absolute Gasteiger partial charge is 0.358 e. The molecule has 0 bridgehead atoms. The van der Waals surface area contributed by atoms with E-state index < -0.39 is 23.4 Å². The van der Waals surface area contributed by atoms with E-state index in [-0.39, 0.29) is 11.4 Å². The molecule has 142 valence electrons. The van der Waals surface area contributed by atoms with Crippen LogP contribution in [-0.2, 0) is 21.4 Å². The number of hydrogen-bond acceptors (Lipinski definition) is 6. The van der Waals surface area contributed by atoms with Crippen LogP contribution in [0, 0.1) is 6.92 Å². The molecule has 0 radical (unpaired) electrons. The first-order valence-corrected chi connectivity index (χ1v) is 8.20. The molecule has 0 saturated heterocycles. The van der Waals surface area contributed by atoms with Crippen molar-refractivity contribution in [2.45, 2.75) is 19.4 Å².